The molecule has 0 spiro atoms. The average Bonchev–Trinajstić information content (AvgIpc) is 2.35. The van der Waals surface area contributed by atoms with Gasteiger partial charge in [0.1, 0.15) is 0 Å². The summed E-state index contributed by atoms with van der Waals surface area (Å²) in [6.45, 7) is 2.63. The molecule has 6 heteroatoms. The maximum absolute atomic E-state index is 11.8. The molecule has 0 heterocycles. The Kier molecular flexibility index (Phi) is 5.32. The third-order valence-corrected chi connectivity index (χ3v) is 2.69. The number of nitrogens with zero attached hydrogens (tertiary/aromatic N) is 1. The van der Waals surface area contributed by atoms with Gasteiger partial charge in [-0.25, -0.2) is 9.59 Å². The highest BCUT2D eigenvalue weighted by molar-refractivity contribution is 5.92. The molecule has 0 aliphatic heterocycles. The Bertz CT molecular complexity index is 474. The fraction of sp³-hybridized carbons (Fsp3) is 0.385. The van der Waals surface area contributed by atoms with Crippen molar-refractivity contribution in [3.8, 4) is 0 Å². The van der Waals surface area contributed by atoms with Crippen molar-refractivity contribution in [3.05, 3.63) is 29.3 Å². The van der Waals surface area contributed by atoms with Crippen LogP contribution in [0.1, 0.15) is 15.9 Å². The highest BCUT2D eigenvalue weighted by Crippen LogP contribution is 2.15. The number of aromatic carboxylic acids is 1. The van der Waals surface area contributed by atoms with Crippen LogP contribution in [0.25, 0.3) is 0 Å². The molecule has 0 bridgehead atoms. The van der Waals surface area contributed by atoms with Crippen LogP contribution in [0, 0.1) is 6.92 Å². The van der Waals surface area contributed by atoms with Crippen LogP contribution in [0.5, 0.6) is 0 Å². The Hall–Kier alpha value is -2.08. The molecule has 1 aromatic rings. The van der Waals surface area contributed by atoms with E-state index >= 15 is 0 Å². The lowest BCUT2D eigenvalue weighted by molar-refractivity contribution is 0.0696. The molecule has 0 atom stereocenters. The first kappa shape index (κ1) is 15.0. The van der Waals surface area contributed by atoms with Crippen molar-refractivity contribution in [2.45, 2.75) is 6.92 Å². The minimum Gasteiger partial charge on any atom is -0.478 e. The van der Waals surface area contributed by atoms with Gasteiger partial charge in [-0.05, 0) is 30.7 Å². The van der Waals surface area contributed by atoms with Gasteiger partial charge in [0.05, 0.1) is 12.2 Å². The average molecular weight is 266 g/mol. The van der Waals surface area contributed by atoms with Gasteiger partial charge >= 0.3 is 12.0 Å². The molecule has 0 aliphatic carbocycles. The van der Waals surface area contributed by atoms with Gasteiger partial charge in [-0.3, -0.25) is 0 Å². The van der Waals surface area contributed by atoms with E-state index in [-0.39, 0.29) is 11.6 Å². The van der Waals surface area contributed by atoms with Crippen LogP contribution in [0.2, 0.25) is 0 Å². The first-order valence-corrected chi connectivity index (χ1v) is 5.80. The van der Waals surface area contributed by atoms with Crippen LogP contribution < -0.4 is 5.32 Å². The van der Waals surface area contributed by atoms with Gasteiger partial charge in [0.15, 0.2) is 0 Å². The topological polar surface area (TPSA) is 78.9 Å². The number of benzene rings is 1. The summed E-state index contributed by atoms with van der Waals surface area (Å²) >= 11 is 0. The highest BCUT2D eigenvalue weighted by atomic mass is 16.5. The first-order valence-electron chi connectivity index (χ1n) is 5.80. The third-order valence-electron chi connectivity index (χ3n) is 2.69. The summed E-state index contributed by atoms with van der Waals surface area (Å²) in [4.78, 5) is 24.2. The van der Waals surface area contributed by atoms with Crippen molar-refractivity contribution in [2.24, 2.45) is 0 Å². The van der Waals surface area contributed by atoms with Crippen LogP contribution in [0.15, 0.2) is 18.2 Å². The van der Waals surface area contributed by atoms with Crippen LogP contribution in [0.3, 0.4) is 0 Å². The number of carbonyl (C=O) groups excluding carboxylic acids is 1. The van der Waals surface area contributed by atoms with E-state index in [2.05, 4.69) is 5.32 Å². The summed E-state index contributed by atoms with van der Waals surface area (Å²) in [6.07, 6.45) is 0. The summed E-state index contributed by atoms with van der Waals surface area (Å²) in [5, 5.41) is 11.6. The standard InChI is InChI=1S/C13H18N2O4/c1-9-8-10(4-5-11(9)12(16)17)14-13(18)15(2)6-7-19-3/h4-5,8H,6-7H2,1-3H3,(H,14,18)(H,16,17). The molecule has 0 fully saturated rings. The number of rotatable bonds is 5. The van der Waals surface area contributed by atoms with Crippen LogP contribution in [-0.4, -0.2) is 49.3 Å². The van der Waals surface area contributed by atoms with E-state index in [1.807, 2.05) is 0 Å². The molecule has 0 aliphatic rings. The van der Waals surface area contributed by atoms with E-state index in [0.717, 1.165) is 0 Å². The van der Waals surface area contributed by atoms with E-state index in [0.29, 0.717) is 24.4 Å². The number of likely N-dealkylation sites (N-methyl/N-ethyl adjacent to an activating group) is 1. The predicted molar refractivity (Wildman–Crippen MR) is 71.7 cm³/mol. The van der Waals surface area contributed by atoms with Crippen molar-refractivity contribution >= 4 is 17.7 Å². The van der Waals surface area contributed by atoms with E-state index in [1.54, 1.807) is 33.2 Å². The number of ether oxygens (including phenoxy) is 1. The maximum Gasteiger partial charge on any atom is 0.335 e. The second-order valence-electron chi connectivity index (χ2n) is 4.18. The number of amides is 2. The summed E-state index contributed by atoms with van der Waals surface area (Å²) in [6, 6.07) is 4.41. The second kappa shape index (κ2) is 6.75. The van der Waals surface area contributed by atoms with Crippen molar-refractivity contribution < 1.29 is 19.4 Å². The Morgan fingerprint density at radius 1 is 1.42 bits per heavy atom. The molecule has 2 N–H and O–H groups in total. The number of anilines is 1. The quantitative estimate of drug-likeness (QED) is 0.851. The molecule has 1 aromatic carbocycles. The molecular weight excluding hydrogens is 248 g/mol. The first-order chi connectivity index (χ1) is 8.95. The lowest BCUT2D eigenvalue weighted by Crippen LogP contribution is -2.33. The summed E-state index contributed by atoms with van der Waals surface area (Å²) in [5.41, 5.74) is 1.40. The van der Waals surface area contributed by atoms with E-state index in [4.69, 9.17) is 9.84 Å². The molecule has 0 unspecified atom stereocenters. The van der Waals surface area contributed by atoms with Crippen LogP contribution >= 0.6 is 0 Å². The molecule has 0 aromatic heterocycles. The lowest BCUT2D eigenvalue weighted by atomic mass is 10.1. The molecular formula is C13H18N2O4. The Balaban J connectivity index is 2.70. The van der Waals surface area contributed by atoms with Crippen LogP contribution in [0.4, 0.5) is 10.5 Å². The van der Waals surface area contributed by atoms with Crippen molar-refractivity contribution in [1.82, 2.24) is 4.90 Å². The van der Waals surface area contributed by atoms with Crippen molar-refractivity contribution in [2.75, 3.05) is 32.6 Å². The summed E-state index contributed by atoms with van der Waals surface area (Å²) in [5.74, 6) is -0.979. The van der Waals surface area contributed by atoms with Gasteiger partial charge in [0, 0.05) is 26.4 Å². The Labute approximate surface area is 112 Å². The molecule has 6 nitrogen and oxygen atoms in total. The third kappa shape index (κ3) is 4.26. The molecule has 104 valence electrons. The second-order valence-corrected chi connectivity index (χ2v) is 4.18. The fourth-order valence-electron chi connectivity index (χ4n) is 1.53. The van der Waals surface area contributed by atoms with E-state index in [9.17, 15) is 9.59 Å². The minimum absolute atomic E-state index is 0.228. The SMILES string of the molecule is COCCN(C)C(=O)Nc1ccc(C(=O)O)c(C)c1. The number of hydrogen-bond donors (Lipinski definition) is 2. The van der Waals surface area contributed by atoms with Gasteiger partial charge < -0.3 is 20.1 Å². The lowest BCUT2D eigenvalue weighted by Gasteiger charge is -2.17. The number of carboxylic acids is 1. The Morgan fingerprint density at radius 3 is 2.63 bits per heavy atom. The molecule has 2 amide bonds. The number of hydrogen-bond acceptors (Lipinski definition) is 3. The zero-order chi connectivity index (χ0) is 14.4. The predicted octanol–water partition coefficient (Wildman–Crippen LogP) is 1.80. The summed E-state index contributed by atoms with van der Waals surface area (Å²) in [7, 11) is 3.23. The van der Waals surface area contributed by atoms with Crippen molar-refractivity contribution in [3.63, 3.8) is 0 Å². The number of urea groups is 1. The number of nitrogens with one attached hydrogen (secondary N) is 1. The van der Waals surface area contributed by atoms with Crippen LogP contribution in [-0.2, 0) is 4.74 Å². The van der Waals surface area contributed by atoms with E-state index in [1.165, 1.54) is 11.0 Å². The molecule has 0 saturated carbocycles. The van der Waals surface area contributed by atoms with Crippen molar-refractivity contribution in [1.29, 1.82) is 0 Å². The minimum atomic E-state index is -0.979. The number of aryl methyl sites for hydroxylation is 1. The van der Waals surface area contributed by atoms with E-state index < -0.39 is 5.97 Å². The molecule has 0 radical (unpaired) electrons. The highest BCUT2D eigenvalue weighted by Gasteiger charge is 2.11. The molecule has 1 rings (SSSR count). The van der Waals surface area contributed by atoms with Gasteiger partial charge in [-0.1, -0.05) is 0 Å². The maximum atomic E-state index is 11.8. The largest absolute Gasteiger partial charge is 0.478 e. The Morgan fingerprint density at radius 2 is 2.11 bits per heavy atom. The smallest absolute Gasteiger partial charge is 0.335 e. The zero-order valence-electron chi connectivity index (χ0n) is 11.3. The van der Waals surface area contributed by atoms with Gasteiger partial charge in [-0.15, -0.1) is 0 Å². The van der Waals surface area contributed by atoms with Gasteiger partial charge in [0.25, 0.3) is 0 Å². The molecule has 19 heavy (non-hydrogen) atoms. The van der Waals surface area contributed by atoms with Gasteiger partial charge in [0.2, 0.25) is 0 Å². The normalized spacial score (nSPS) is 10.1. The number of methoxy groups -OCH3 is 1. The molecule has 0 saturated heterocycles. The fourth-order valence-corrected chi connectivity index (χ4v) is 1.53. The zero-order valence-corrected chi connectivity index (χ0v) is 11.3. The number of carboxylic acid groups (broad SMARTS) is 1. The number of carbonyl (C=O) groups is 2. The van der Waals surface area contributed by atoms with Gasteiger partial charge in [-0.2, -0.15) is 0 Å². The monoisotopic (exact) mass is 266 g/mol. The summed E-state index contributed by atoms with van der Waals surface area (Å²) < 4.78 is 4.89.